The van der Waals surface area contributed by atoms with Crippen LogP contribution in [-0.2, 0) is 6.42 Å². The number of aliphatic hydroxyl groups is 1. The Morgan fingerprint density at radius 3 is 2.92 bits per heavy atom. The SMILES string of the molecule is OCCc1ccc2c(c1O)OCO2. The maximum atomic E-state index is 9.62. The molecule has 0 atom stereocenters. The molecule has 0 aromatic heterocycles. The molecule has 0 unspecified atom stereocenters. The van der Waals surface area contributed by atoms with Crippen molar-refractivity contribution >= 4 is 0 Å². The molecule has 70 valence electrons. The van der Waals surface area contributed by atoms with E-state index in [2.05, 4.69) is 0 Å². The molecule has 1 aromatic rings. The van der Waals surface area contributed by atoms with Crippen LogP contribution in [0.2, 0.25) is 0 Å². The number of hydrogen-bond acceptors (Lipinski definition) is 4. The van der Waals surface area contributed by atoms with Gasteiger partial charge in [0.25, 0.3) is 0 Å². The summed E-state index contributed by atoms with van der Waals surface area (Å²) in [5.41, 5.74) is 0.673. The van der Waals surface area contributed by atoms with Crippen LogP contribution in [0.4, 0.5) is 0 Å². The van der Waals surface area contributed by atoms with Gasteiger partial charge in [-0.05, 0) is 12.5 Å². The molecule has 1 aliphatic heterocycles. The van der Waals surface area contributed by atoms with Gasteiger partial charge in [-0.2, -0.15) is 0 Å². The average molecular weight is 182 g/mol. The third-order valence-corrected chi connectivity index (χ3v) is 1.98. The maximum absolute atomic E-state index is 9.62. The maximum Gasteiger partial charge on any atom is 0.231 e. The van der Waals surface area contributed by atoms with Crippen molar-refractivity contribution in [1.29, 1.82) is 0 Å². The van der Waals surface area contributed by atoms with Gasteiger partial charge in [0.05, 0.1) is 0 Å². The molecule has 4 nitrogen and oxygen atoms in total. The lowest BCUT2D eigenvalue weighted by molar-refractivity contribution is 0.171. The van der Waals surface area contributed by atoms with Crippen LogP contribution in [0.15, 0.2) is 12.1 Å². The first-order valence-corrected chi connectivity index (χ1v) is 4.04. The van der Waals surface area contributed by atoms with Gasteiger partial charge in [-0.15, -0.1) is 0 Å². The van der Waals surface area contributed by atoms with E-state index in [1.807, 2.05) is 0 Å². The van der Waals surface area contributed by atoms with Crippen molar-refractivity contribution in [3.63, 3.8) is 0 Å². The van der Waals surface area contributed by atoms with Crippen LogP contribution in [0.5, 0.6) is 17.2 Å². The summed E-state index contributed by atoms with van der Waals surface area (Å²) < 4.78 is 10.1. The second-order valence-corrected chi connectivity index (χ2v) is 2.78. The zero-order valence-corrected chi connectivity index (χ0v) is 6.99. The number of ether oxygens (including phenoxy) is 2. The van der Waals surface area contributed by atoms with Crippen molar-refractivity contribution in [3.05, 3.63) is 17.7 Å². The number of phenolic OH excluding ortho intramolecular Hbond substituents is 1. The number of aliphatic hydroxyl groups excluding tert-OH is 1. The minimum Gasteiger partial charge on any atom is -0.504 e. The van der Waals surface area contributed by atoms with E-state index in [0.29, 0.717) is 23.5 Å². The highest BCUT2D eigenvalue weighted by molar-refractivity contribution is 5.56. The van der Waals surface area contributed by atoms with Gasteiger partial charge in [-0.3, -0.25) is 0 Å². The molecule has 1 aliphatic rings. The molecular weight excluding hydrogens is 172 g/mol. The summed E-state index contributed by atoms with van der Waals surface area (Å²) in [6, 6.07) is 3.45. The van der Waals surface area contributed by atoms with Crippen LogP contribution in [0.1, 0.15) is 5.56 Å². The van der Waals surface area contributed by atoms with Gasteiger partial charge in [-0.25, -0.2) is 0 Å². The van der Waals surface area contributed by atoms with E-state index in [-0.39, 0.29) is 19.1 Å². The van der Waals surface area contributed by atoms with Crippen molar-refractivity contribution in [1.82, 2.24) is 0 Å². The minimum atomic E-state index is 0.00715. The summed E-state index contributed by atoms with van der Waals surface area (Å²) in [7, 11) is 0. The lowest BCUT2D eigenvalue weighted by atomic mass is 10.1. The van der Waals surface area contributed by atoms with Gasteiger partial charge in [0.2, 0.25) is 12.5 Å². The Hall–Kier alpha value is -1.42. The molecule has 0 aliphatic carbocycles. The number of rotatable bonds is 2. The van der Waals surface area contributed by atoms with Gasteiger partial charge in [0, 0.05) is 12.2 Å². The molecule has 0 amide bonds. The number of phenols is 1. The van der Waals surface area contributed by atoms with E-state index in [9.17, 15) is 5.11 Å². The van der Waals surface area contributed by atoms with Crippen molar-refractivity contribution in [2.24, 2.45) is 0 Å². The highest BCUT2D eigenvalue weighted by atomic mass is 16.7. The summed E-state index contributed by atoms with van der Waals surface area (Å²) in [4.78, 5) is 0. The number of benzene rings is 1. The number of fused-ring (bicyclic) bond motifs is 1. The van der Waals surface area contributed by atoms with Gasteiger partial charge < -0.3 is 19.7 Å². The van der Waals surface area contributed by atoms with Crippen molar-refractivity contribution in [3.8, 4) is 17.2 Å². The molecule has 4 heteroatoms. The van der Waals surface area contributed by atoms with Crippen LogP contribution >= 0.6 is 0 Å². The topological polar surface area (TPSA) is 58.9 Å². The molecule has 2 N–H and O–H groups in total. The lowest BCUT2D eigenvalue weighted by Crippen LogP contribution is -1.93. The molecule has 13 heavy (non-hydrogen) atoms. The van der Waals surface area contributed by atoms with Gasteiger partial charge in [0.15, 0.2) is 11.5 Å². The van der Waals surface area contributed by atoms with E-state index < -0.39 is 0 Å². The van der Waals surface area contributed by atoms with Crippen LogP contribution in [0.25, 0.3) is 0 Å². The highest BCUT2D eigenvalue weighted by Crippen LogP contribution is 2.42. The zero-order valence-electron chi connectivity index (χ0n) is 6.99. The molecule has 0 radical (unpaired) electrons. The predicted molar refractivity (Wildman–Crippen MR) is 45.0 cm³/mol. The first-order valence-electron chi connectivity index (χ1n) is 4.04. The number of aromatic hydroxyl groups is 1. The standard InChI is InChI=1S/C9H10O4/c10-4-3-6-1-2-7-9(8(6)11)13-5-12-7/h1-2,10-11H,3-5H2. The van der Waals surface area contributed by atoms with Gasteiger partial charge in [-0.1, -0.05) is 6.07 Å². The molecule has 0 spiro atoms. The summed E-state index contributed by atoms with van der Waals surface area (Å²) in [6.07, 6.45) is 0.419. The molecule has 0 bridgehead atoms. The molecule has 1 heterocycles. The van der Waals surface area contributed by atoms with Crippen LogP contribution in [-0.4, -0.2) is 23.6 Å². The van der Waals surface area contributed by atoms with E-state index in [1.165, 1.54) is 0 Å². The van der Waals surface area contributed by atoms with E-state index in [4.69, 9.17) is 14.6 Å². The number of hydrogen-bond donors (Lipinski definition) is 2. The van der Waals surface area contributed by atoms with E-state index >= 15 is 0 Å². The highest BCUT2D eigenvalue weighted by Gasteiger charge is 2.19. The Balaban J connectivity index is 2.40. The van der Waals surface area contributed by atoms with Crippen molar-refractivity contribution in [2.75, 3.05) is 13.4 Å². The fourth-order valence-electron chi connectivity index (χ4n) is 1.32. The van der Waals surface area contributed by atoms with Crippen LogP contribution in [0, 0.1) is 0 Å². The second kappa shape index (κ2) is 3.14. The summed E-state index contributed by atoms with van der Waals surface area (Å²) in [6.45, 7) is 0.151. The van der Waals surface area contributed by atoms with E-state index in [1.54, 1.807) is 12.1 Å². The Kier molecular flexibility index (Phi) is 1.98. The normalized spacial score (nSPS) is 13.3. The lowest BCUT2D eigenvalue weighted by Gasteiger charge is -2.04. The van der Waals surface area contributed by atoms with Crippen LogP contribution in [0.3, 0.4) is 0 Å². The smallest absolute Gasteiger partial charge is 0.231 e. The Morgan fingerprint density at radius 2 is 2.15 bits per heavy atom. The quantitative estimate of drug-likeness (QED) is 0.705. The second-order valence-electron chi connectivity index (χ2n) is 2.78. The van der Waals surface area contributed by atoms with Crippen molar-refractivity contribution < 1.29 is 19.7 Å². The fourth-order valence-corrected chi connectivity index (χ4v) is 1.32. The van der Waals surface area contributed by atoms with Crippen molar-refractivity contribution in [2.45, 2.75) is 6.42 Å². The monoisotopic (exact) mass is 182 g/mol. The van der Waals surface area contributed by atoms with E-state index in [0.717, 1.165) is 0 Å². The summed E-state index contributed by atoms with van der Waals surface area (Å²) in [5.74, 6) is 1.01. The molecule has 2 rings (SSSR count). The first kappa shape index (κ1) is 8.19. The van der Waals surface area contributed by atoms with Gasteiger partial charge >= 0.3 is 0 Å². The predicted octanol–water partition coefficient (Wildman–Crippen LogP) is 0.656. The fraction of sp³-hybridized carbons (Fsp3) is 0.333. The summed E-state index contributed by atoms with van der Waals surface area (Å²) >= 11 is 0. The largest absolute Gasteiger partial charge is 0.504 e. The average Bonchev–Trinajstić information content (AvgIpc) is 2.58. The zero-order chi connectivity index (χ0) is 9.26. The third-order valence-electron chi connectivity index (χ3n) is 1.98. The molecule has 0 fully saturated rings. The first-order chi connectivity index (χ1) is 6.33. The molecule has 1 aromatic carbocycles. The molecule has 0 saturated carbocycles. The third kappa shape index (κ3) is 1.29. The Labute approximate surface area is 75.3 Å². The van der Waals surface area contributed by atoms with Gasteiger partial charge in [0.1, 0.15) is 0 Å². The Bertz CT molecular complexity index is 322. The van der Waals surface area contributed by atoms with Crippen LogP contribution < -0.4 is 9.47 Å². The minimum absolute atomic E-state index is 0.00715. The molecular formula is C9H10O4. The summed E-state index contributed by atoms with van der Waals surface area (Å²) in [5, 5.41) is 18.3. The molecule has 0 saturated heterocycles. The Morgan fingerprint density at radius 1 is 1.31 bits per heavy atom.